The fraction of sp³-hybridized carbons (Fsp3) is 0.0312. The average Bonchev–Trinajstić information content (AvgIpc) is 2.98. The molecular weight excluding hydrogens is 570 g/mol. The molecule has 0 aromatic heterocycles. The summed E-state index contributed by atoms with van der Waals surface area (Å²) in [6.45, 7) is 0.350. The Balaban J connectivity index is 1.23. The number of carbonyl (C=O) groups is 2. The van der Waals surface area contributed by atoms with Gasteiger partial charge in [-0.1, -0.05) is 76.6 Å². The lowest BCUT2D eigenvalue weighted by atomic mass is 10.0. The van der Waals surface area contributed by atoms with Crippen molar-refractivity contribution in [1.29, 1.82) is 0 Å². The van der Waals surface area contributed by atoms with Gasteiger partial charge >= 0.3 is 11.8 Å². The van der Waals surface area contributed by atoms with Gasteiger partial charge in [0.15, 0.2) is 0 Å². The van der Waals surface area contributed by atoms with Crippen molar-refractivity contribution in [1.82, 2.24) is 5.43 Å². The summed E-state index contributed by atoms with van der Waals surface area (Å²) in [5, 5.41) is 8.49. The number of rotatable bonds is 8. The van der Waals surface area contributed by atoms with Crippen LogP contribution in [-0.4, -0.2) is 18.0 Å². The molecule has 2 amide bonds. The fourth-order valence-electron chi connectivity index (χ4n) is 3.95. The number of hydrogen-bond acceptors (Lipinski definition) is 5. The van der Waals surface area contributed by atoms with Crippen molar-refractivity contribution < 1.29 is 19.1 Å². The molecule has 7 nitrogen and oxygen atoms in total. The molecule has 40 heavy (non-hydrogen) atoms. The molecule has 8 heteroatoms. The molecule has 0 aliphatic rings. The Bertz CT molecular complexity index is 1670. The van der Waals surface area contributed by atoms with E-state index in [4.69, 9.17) is 9.47 Å². The summed E-state index contributed by atoms with van der Waals surface area (Å²) in [5.74, 6) is 0.144. The Labute approximate surface area is 239 Å². The van der Waals surface area contributed by atoms with E-state index in [9.17, 15) is 9.59 Å². The van der Waals surface area contributed by atoms with Crippen molar-refractivity contribution in [2.45, 2.75) is 6.61 Å². The summed E-state index contributed by atoms with van der Waals surface area (Å²) < 4.78 is 12.8. The maximum Gasteiger partial charge on any atom is 0.329 e. The molecule has 0 heterocycles. The standard InChI is InChI=1S/C32H24BrN3O4/c33-24-9-6-7-22(19-24)21-39-30-18-13-23-8-4-5-12-28(23)29(30)20-34-36-32(38)31(37)35-25-14-16-27(17-15-25)40-26-10-2-1-3-11-26/h1-20H,21H2,(H,35,37)(H,36,38). The first-order valence-corrected chi connectivity index (χ1v) is 13.2. The maximum absolute atomic E-state index is 12.4. The zero-order valence-corrected chi connectivity index (χ0v) is 22.8. The Morgan fingerprint density at radius 3 is 2.33 bits per heavy atom. The molecule has 0 saturated carbocycles. The summed E-state index contributed by atoms with van der Waals surface area (Å²) >= 11 is 3.48. The molecule has 5 aromatic rings. The molecule has 0 atom stereocenters. The number of ether oxygens (including phenoxy) is 2. The highest BCUT2D eigenvalue weighted by Gasteiger charge is 2.14. The van der Waals surface area contributed by atoms with E-state index in [1.165, 1.54) is 6.21 Å². The molecule has 2 N–H and O–H groups in total. The number of fused-ring (bicyclic) bond motifs is 1. The minimum absolute atomic E-state index is 0.350. The SMILES string of the molecule is O=C(NN=Cc1c(OCc2cccc(Br)c2)ccc2ccccc12)C(=O)Nc1ccc(Oc2ccccc2)cc1. The van der Waals surface area contributed by atoms with Crippen LogP contribution in [0.4, 0.5) is 5.69 Å². The number of benzene rings is 5. The molecule has 0 saturated heterocycles. The Morgan fingerprint density at radius 1 is 0.775 bits per heavy atom. The second-order valence-corrected chi connectivity index (χ2v) is 9.63. The highest BCUT2D eigenvalue weighted by Crippen LogP contribution is 2.28. The lowest BCUT2D eigenvalue weighted by Crippen LogP contribution is -2.32. The number of hydrogen-bond donors (Lipinski definition) is 2. The molecule has 198 valence electrons. The number of carbonyl (C=O) groups excluding carboxylic acids is 2. The number of para-hydroxylation sites is 1. The molecule has 0 radical (unpaired) electrons. The van der Waals surface area contributed by atoms with E-state index in [1.54, 1.807) is 24.3 Å². The first-order valence-electron chi connectivity index (χ1n) is 12.4. The van der Waals surface area contributed by atoms with Gasteiger partial charge in [-0.15, -0.1) is 0 Å². The smallest absolute Gasteiger partial charge is 0.329 e. The van der Waals surface area contributed by atoms with Crippen molar-refractivity contribution in [2.24, 2.45) is 5.10 Å². The number of nitrogens with zero attached hydrogens (tertiary/aromatic N) is 1. The Morgan fingerprint density at radius 2 is 1.52 bits per heavy atom. The van der Waals surface area contributed by atoms with Gasteiger partial charge in [0.05, 0.1) is 6.21 Å². The zero-order chi connectivity index (χ0) is 27.7. The van der Waals surface area contributed by atoms with Gasteiger partial charge in [-0.05, 0) is 70.9 Å². The van der Waals surface area contributed by atoms with Crippen molar-refractivity contribution in [3.05, 3.63) is 131 Å². The maximum atomic E-state index is 12.4. The second kappa shape index (κ2) is 12.7. The Hall–Kier alpha value is -4.95. The molecule has 0 bridgehead atoms. The van der Waals surface area contributed by atoms with Crippen LogP contribution in [0.5, 0.6) is 17.2 Å². The lowest BCUT2D eigenvalue weighted by Gasteiger charge is -2.12. The van der Waals surface area contributed by atoms with Gasteiger partial charge in [0.1, 0.15) is 23.9 Å². The minimum Gasteiger partial charge on any atom is -0.488 e. The molecule has 0 fully saturated rings. The van der Waals surface area contributed by atoms with Crippen molar-refractivity contribution in [3.8, 4) is 17.2 Å². The first kappa shape index (κ1) is 26.6. The van der Waals surface area contributed by atoms with E-state index < -0.39 is 11.8 Å². The second-order valence-electron chi connectivity index (χ2n) is 8.71. The van der Waals surface area contributed by atoms with Gasteiger partial charge in [0.25, 0.3) is 0 Å². The van der Waals surface area contributed by atoms with Gasteiger partial charge in [0.2, 0.25) is 0 Å². The molecule has 5 aromatic carbocycles. The van der Waals surface area contributed by atoms with Crippen LogP contribution in [-0.2, 0) is 16.2 Å². The average molecular weight is 594 g/mol. The number of halogens is 1. The minimum atomic E-state index is -0.905. The number of anilines is 1. The van der Waals surface area contributed by atoms with Crippen LogP contribution in [0.25, 0.3) is 10.8 Å². The monoisotopic (exact) mass is 593 g/mol. The summed E-state index contributed by atoms with van der Waals surface area (Å²) in [4.78, 5) is 24.9. The lowest BCUT2D eigenvalue weighted by molar-refractivity contribution is -0.136. The van der Waals surface area contributed by atoms with Crippen LogP contribution in [0, 0.1) is 0 Å². The molecule has 5 rings (SSSR count). The van der Waals surface area contributed by atoms with E-state index in [0.717, 1.165) is 20.8 Å². The molecule has 0 aliphatic carbocycles. The van der Waals surface area contributed by atoms with Crippen molar-refractivity contribution in [2.75, 3.05) is 5.32 Å². The van der Waals surface area contributed by atoms with E-state index in [2.05, 4.69) is 31.8 Å². The highest BCUT2D eigenvalue weighted by atomic mass is 79.9. The molecule has 0 spiro atoms. The van der Waals surface area contributed by atoms with E-state index >= 15 is 0 Å². The first-order chi connectivity index (χ1) is 19.5. The zero-order valence-electron chi connectivity index (χ0n) is 21.2. The van der Waals surface area contributed by atoms with Crippen LogP contribution in [0.3, 0.4) is 0 Å². The molecular formula is C32H24BrN3O4. The largest absolute Gasteiger partial charge is 0.488 e. The highest BCUT2D eigenvalue weighted by molar-refractivity contribution is 9.10. The summed E-state index contributed by atoms with van der Waals surface area (Å²) in [7, 11) is 0. The van der Waals surface area contributed by atoms with Gasteiger partial charge < -0.3 is 14.8 Å². The van der Waals surface area contributed by atoms with Crippen molar-refractivity contribution in [3.63, 3.8) is 0 Å². The summed E-state index contributed by atoms with van der Waals surface area (Å²) in [5.41, 5.74) is 4.43. The van der Waals surface area contributed by atoms with E-state index in [1.807, 2.05) is 91.0 Å². The summed E-state index contributed by atoms with van der Waals surface area (Å²) in [6.07, 6.45) is 1.49. The van der Waals surface area contributed by atoms with Gasteiger partial charge in [-0.3, -0.25) is 9.59 Å². The van der Waals surface area contributed by atoms with Gasteiger partial charge in [-0.2, -0.15) is 5.10 Å². The quantitative estimate of drug-likeness (QED) is 0.114. The van der Waals surface area contributed by atoms with Crippen LogP contribution >= 0.6 is 15.9 Å². The molecule has 0 unspecified atom stereocenters. The number of hydrazone groups is 1. The normalized spacial score (nSPS) is 10.8. The van der Waals surface area contributed by atoms with Crippen LogP contribution in [0.15, 0.2) is 125 Å². The van der Waals surface area contributed by atoms with Crippen LogP contribution < -0.4 is 20.2 Å². The van der Waals surface area contributed by atoms with Gasteiger partial charge in [0, 0.05) is 15.7 Å². The fourth-order valence-corrected chi connectivity index (χ4v) is 4.39. The third-order valence-corrected chi connectivity index (χ3v) is 6.36. The van der Waals surface area contributed by atoms with E-state index in [-0.39, 0.29) is 0 Å². The van der Waals surface area contributed by atoms with Gasteiger partial charge in [-0.25, -0.2) is 5.43 Å². The van der Waals surface area contributed by atoms with Crippen molar-refractivity contribution >= 4 is 50.4 Å². The number of amides is 2. The van der Waals surface area contributed by atoms with Crippen LogP contribution in [0.2, 0.25) is 0 Å². The van der Waals surface area contributed by atoms with Crippen LogP contribution in [0.1, 0.15) is 11.1 Å². The predicted octanol–water partition coefficient (Wildman–Crippen LogP) is 7.06. The summed E-state index contributed by atoms with van der Waals surface area (Å²) in [6, 6.07) is 35.5. The predicted molar refractivity (Wildman–Crippen MR) is 160 cm³/mol. The molecule has 0 aliphatic heterocycles. The van der Waals surface area contributed by atoms with E-state index in [0.29, 0.717) is 35.1 Å². The third kappa shape index (κ3) is 6.92. The third-order valence-electron chi connectivity index (χ3n) is 5.87. The number of nitrogens with one attached hydrogen (secondary N) is 2. The topological polar surface area (TPSA) is 89.0 Å². The Kier molecular flexibility index (Phi) is 8.48.